The molecule has 2 aromatic carbocycles. The Bertz CT molecular complexity index is 643. The predicted octanol–water partition coefficient (Wildman–Crippen LogP) is 3.88. The fraction of sp³-hybridized carbons (Fsp3) is 0.188. The van der Waals surface area contributed by atoms with Gasteiger partial charge in [-0.2, -0.15) is 0 Å². The van der Waals surface area contributed by atoms with Crippen molar-refractivity contribution >= 4 is 23.3 Å². The van der Waals surface area contributed by atoms with Crippen LogP contribution in [0.2, 0.25) is 5.02 Å². The van der Waals surface area contributed by atoms with Crippen LogP contribution in [0.3, 0.4) is 0 Å². The van der Waals surface area contributed by atoms with Gasteiger partial charge < -0.3 is 10.0 Å². The van der Waals surface area contributed by atoms with Gasteiger partial charge in [-0.05, 0) is 48.4 Å². The monoisotopic (exact) mass is 307 g/mol. The van der Waals surface area contributed by atoms with E-state index in [1.54, 1.807) is 48.2 Å². The van der Waals surface area contributed by atoms with Crippen molar-refractivity contribution in [3.05, 3.63) is 64.4 Å². The molecule has 21 heavy (non-hydrogen) atoms. The number of hydrogen-bond donors (Lipinski definition) is 1. The highest BCUT2D eigenvalue weighted by Crippen LogP contribution is 2.21. The Balaban J connectivity index is 2.25. The van der Waals surface area contributed by atoms with Gasteiger partial charge >= 0.3 is 5.97 Å². The van der Waals surface area contributed by atoms with Crippen LogP contribution in [0.15, 0.2) is 42.5 Å². The van der Waals surface area contributed by atoms with Gasteiger partial charge in [-0.3, -0.25) is 4.79 Å². The summed E-state index contributed by atoms with van der Waals surface area (Å²) in [5, 5.41) is 9.61. The van der Waals surface area contributed by atoms with Crippen molar-refractivity contribution in [1.82, 2.24) is 0 Å². The van der Waals surface area contributed by atoms with Crippen LogP contribution in [0.5, 0.6) is 0 Å². The van der Waals surface area contributed by atoms with E-state index >= 15 is 0 Å². The molecule has 0 heterocycles. The number of aryl methyl sites for hydroxylation is 1. The number of rotatable bonds is 5. The SMILES string of the molecule is Cc1ccc(CN(CC(=O)O)c2ccc(Cl)cc2)cc1F. The molecule has 0 aromatic heterocycles. The molecule has 2 aromatic rings. The van der Waals surface area contributed by atoms with Crippen LogP contribution in [0, 0.1) is 12.7 Å². The highest BCUT2D eigenvalue weighted by atomic mass is 35.5. The Kier molecular flexibility index (Phi) is 4.81. The maximum Gasteiger partial charge on any atom is 0.323 e. The van der Waals surface area contributed by atoms with Crippen LogP contribution in [-0.4, -0.2) is 17.6 Å². The van der Waals surface area contributed by atoms with Crippen molar-refractivity contribution in [1.29, 1.82) is 0 Å². The molecule has 0 amide bonds. The van der Waals surface area contributed by atoms with Crippen molar-refractivity contribution in [2.24, 2.45) is 0 Å². The third kappa shape index (κ3) is 4.20. The quantitative estimate of drug-likeness (QED) is 0.911. The van der Waals surface area contributed by atoms with Crippen molar-refractivity contribution < 1.29 is 14.3 Å². The number of carboxylic acids is 1. The first-order valence-corrected chi connectivity index (χ1v) is 6.81. The number of halogens is 2. The van der Waals surface area contributed by atoms with Gasteiger partial charge in [0.15, 0.2) is 0 Å². The summed E-state index contributed by atoms with van der Waals surface area (Å²) in [5.74, 6) is -1.24. The van der Waals surface area contributed by atoms with E-state index in [0.717, 1.165) is 5.69 Å². The van der Waals surface area contributed by atoms with Gasteiger partial charge in [-0.25, -0.2) is 4.39 Å². The summed E-state index contributed by atoms with van der Waals surface area (Å²) in [4.78, 5) is 12.7. The minimum Gasteiger partial charge on any atom is -0.480 e. The highest BCUT2D eigenvalue weighted by molar-refractivity contribution is 6.30. The Hall–Kier alpha value is -2.07. The minimum absolute atomic E-state index is 0.170. The summed E-state index contributed by atoms with van der Waals surface area (Å²) in [7, 11) is 0. The van der Waals surface area contributed by atoms with E-state index in [1.165, 1.54) is 6.07 Å². The molecule has 0 atom stereocenters. The van der Waals surface area contributed by atoms with Crippen molar-refractivity contribution in [2.45, 2.75) is 13.5 Å². The molecule has 3 nitrogen and oxygen atoms in total. The molecule has 2 rings (SSSR count). The minimum atomic E-state index is -0.947. The van der Waals surface area contributed by atoms with Gasteiger partial charge in [0.2, 0.25) is 0 Å². The molecule has 110 valence electrons. The predicted molar refractivity (Wildman–Crippen MR) is 81.3 cm³/mol. The largest absolute Gasteiger partial charge is 0.480 e. The van der Waals surface area contributed by atoms with E-state index in [1.807, 2.05) is 0 Å². The van der Waals surface area contributed by atoms with Gasteiger partial charge in [-0.1, -0.05) is 23.7 Å². The van der Waals surface area contributed by atoms with Crippen molar-refractivity contribution in [3.8, 4) is 0 Å². The summed E-state index contributed by atoms with van der Waals surface area (Å²) in [5.41, 5.74) is 2.01. The molecule has 5 heteroatoms. The Morgan fingerprint density at radius 1 is 1.24 bits per heavy atom. The van der Waals surface area contributed by atoms with E-state index in [2.05, 4.69) is 0 Å². The summed E-state index contributed by atoms with van der Waals surface area (Å²) in [6, 6.07) is 11.8. The first-order chi connectivity index (χ1) is 9.95. The fourth-order valence-electron chi connectivity index (χ4n) is 2.01. The van der Waals surface area contributed by atoms with Gasteiger partial charge in [0.05, 0.1) is 0 Å². The third-order valence-electron chi connectivity index (χ3n) is 3.13. The van der Waals surface area contributed by atoms with E-state index < -0.39 is 5.97 Å². The average Bonchev–Trinajstić information content (AvgIpc) is 2.42. The fourth-order valence-corrected chi connectivity index (χ4v) is 2.13. The van der Waals surface area contributed by atoms with Gasteiger partial charge in [0.1, 0.15) is 12.4 Å². The lowest BCUT2D eigenvalue weighted by atomic mass is 10.1. The molecule has 0 aliphatic rings. The molecule has 0 saturated heterocycles. The molecular weight excluding hydrogens is 293 g/mol. The number of anilines is 1. The normalized spacial score (nSPS) is 10.4. The van der Waals surface area contributed by atoms with Crippen LogP contribution in [0.4, 0.5) is 10.1 Å². The third-order valence-corrected chi connectivity index (χ3v) is 3.38. The zero-order valence-electron chi connectivity index (χ0n) is 11.5. The Morgan fingerprint density at radius 3 is 2.48 bits per heavy atom. The van der Waals surface area contributed by atoms with Crippen LogP contribution >= 0.6 is 11.6 Å². The molecule has 0 bridgehead atoms. The summed E-state index contributed by atoms with van der Waals surface area (Å²) < 4.78 is 13.6. The average molecular weight is 308 g/mol. The number of carboxylic acid groups (broad SMARTS) is 1. The second kappa shape index (κ2) is 6.59. The highest BCUT2D eigenvalue weighted by Gasteiger charge is 2.12. The molecule has 0 aliphatic carbocycles. The smallest absolute Gasteiger partial charge is 0.323 e. The van der Waals surface area contributed by atoms with Crippen LogP contribution in [0.1, 0.15) is 11.1 Å². The molecule has 0 radical (unpaired) electrons. The van der Waals surface area contributed by atoms with Crippen LogP contribution in [-0.2, 0) is 11.3 Å². The van der Waals surface area contributed by atoms with E-state index in [4.69, 9.17) is 16.7 Å². The number of nitrogens with zero attached hydrogens (tertiary/aromatic N) is 1. The zero-order chi connectivity index (χ0) is 15.4. The van der Waals surface area contributed by atoms with Gasteiger partial charge in [0.25, 0.3) is 0 Å². The second-order valence-corrected chi connectivity index (χ2v) is 5.25. The number of carbonyl (C=O) groups is 1. The van der Waals surface area contributed by atoms with Crippen molar-refractivity contribution in [2.75, 3.05) is 11.4 Å². The lowest BCUT2D eigenvalue weighted by Crippen LogP contribution is -2.29. The lowest BCUT2D eigenvalue weighted by Gasteiger charge is -2.23. The van der Waals surface area contributed by atoms with E-state index in [9.17, 15) is 9.18 Å². The van der Waals surface area contributed by atoms with Gasteiger partial charge in [0, 0.05) is 17.3 Å². The lowest BCUT2D eigenvalue weighted by molar-refractivity contribution is -0.135. The van der Waals surface area contributed by atoms with E-state index in [0.29, 0.717) is 22.7 Å². The molecular formula is C16H15ClFNO2. The Labute approximate surface area is 127 Å². The summed E-state index contributed by atoms with van der Waals surface area (Å²) in [6.07, 6.45) is 0. The first-order valence-electron chi connectivity index (χ1n) is 6.43. The molecule has 0 fully saturated rings. The topological polar surface area (TPSA) is 40.5 Å². The molecule has 0 saturated carbocycles. The second-order valence-electron chi connectivity index (χ2n) is 4.81. The molecule has 0 spiro atoms. The number of aliphatic carboxylic acids is 1. The standard InChI is InChI=1S/C16H15ClFNO2/c1-11-2-3-12(8-15(11)18)9-19(10-16(20)21)14-6-4-13(17)5-7-14/h2-8H,9-10H2,1H3,(H,20,21). The molecule has 1 N–H and O–H groups in total. The van der Waals surface area contributed by atoms with Crippen LogP contribution in [0.25, 0.3) is 0 Å². The maximum absolute atomic E-state index is 13.6. The summed E-state index contributed by atoms with van der Waals surface area (Å²) in [6.45, 7) is 1.83. The number of hydrogen-bond acceptors (Lipinski definition) is 2. The zero-order valence-corrected chi connectivity index (χ0v) is 12.3. The first kappa shape index (κ1) is 15.3. The molecule has 0 aliphatic heterocycles. The van der Waals surface area contributed by atoms with Crippen LogP contribution < -0.4 is 4.90 Å². The van der Waals surface area contributed by atoms with Crippen molar-refractivity contribution in [3.63, 3.8) is 0 Å². The summed E-state index contributed by atoms with van der Waals surface area (Å²) >= 11 is 5.84. The molecule has 0 unspecified atom stereocenters. The Morgan fingerprint density at radius 2 is 1.90 bits per heavy atom. The van der Waals surface area contributed by atoms with Gasteiger partial charge in [-0.15, -0.1) is 0 Å². The van der Waals surface area contributed by atoms with E-state index in [-0.39, 0.29) is 12.4 Å². The number of benzene rings is 2. The maximum atomic E-state index is 13.6.